The van der Waals surface area contributed by atoms with E-state index in [-0.39, 0.29) is 17.5 Å². The van der Waals surface area contributed by atoms with Crippen molar-refractivity contribution in [3.63, 3.8) is 0 Å². The molecule has 1 N–H and O–H groups in total. The smallest absolute Gasteiger partial charge is 0.127 e. The number of hydrogen-bond donors (Lipinski definition) is 1. The Morgan fingerprint density at radius 1 is 1.40 bits per heavy atom. The Balaban J connectivity index is 2.77. The molecular weight excluding hydrogens is 277 g/mol. The van der Waals surface area contributed by atoms with Crippen molar-refractivity contribution < 1.29 is 9.13 Å². The highest BCUT2D eigenvalue weighted by atomic mass is 35.5. The first-order valence-corrected chi connectivity index (χ1v) is 7.48. The highest BCUT2D eigenvalue weighted by Gasteiger charge is 2.23. The van der Waals surface area contributed by atoms with E-state index in [0.717, 1.165) is 19.4 Å². The van der Waals surface area contributed by atoms with Gasteiger partial charge in [0.15, 0.2) is 0 Å². The minimum atomic E-state index is -0.240. The van der Waals surface area contributed by atoms with Crippen LogP contribution in [0.2, 0.25) is 5.02 Å². The molecule has 114 valence electrons. The maximum absolute atomic E-state index is 13.9. The Labute approximate surface area is 126 Å². The highest BCUT2D eigenvalue weighted by Crippen LogP contribution is 2.21. The van der Waals surface area contributed by atoms with Gasteiger partial charge < -0.3 is 10.1 Å². The average Bonchev–Trinajstić information content (AvgIpc) is 2.39. The van der Waals surface area contributed by atoms with Crippen molar-refractivity contribution in [2.75, 3.05) is 13.7 Å². The number of nitrogens with one attached hydrogen (secondary N) is 1. The lowest BCUT2D eigenvalue weighted by Crippen LogP contribution is -2.39. The molecule has 0 spiro atoms. The van der Waals surface area contributed by atoms with Gasteiger partial charge in [0.25, 0.3) is 0 Å². The van der Waals surface area contributed by atoms with Crippen LogP contribution >= 0.6 is 11.6 Å². The van der Waals surface area contributed by atoms with Crippen LogP contribution < -0.4 is 5.32 Å². The molecule has 1 rings (SSSR count). The van der Waals surface area contributed by atoms with Crippen molar-refractivity contribution in [3.8, 4) is 0 Å². The maximum atomic E-state index is 13.9. The van der Waals surface area contributed by atoms with Gasteiger partial charge in [-0.15, -0.1) is 0 Å². The standard InChI is InChI=1S/C16H25ClFNO/c1-5-8-19-14(11-16(2,3)20-4)9-12-6-7-13(17)10-15(12)18/h6-7,10,14,19H,5,8-9,11H2,1-4H3. The molecule has 1 aromatic rings. The molecule has 1 unspecified atom stereocenters. The molecule has 0 aliphatic rings. The summed E-state index contributed by atoms with van der Waals surface area (Å²) >= 11 is 5.79. The molecule has 2 nitrogen and oxygen atoms in total. The van der Waals surface area contributed by atoms with Gasteiger partial charge in [-0.3, -0.25) is 0 Å². The zero-order valence-corrected chi connectivity index (χ0v) is 13.6. The van der Waals surface area contributed by atoms with E-state index in [2.05, 4.69) is 12.2 Å². The molecule has 0 bridgehead atoms. The van der Waals surface area contributed by atoms with Crippen LogP contribution in [-0.4, -0.2) is 25.3 Å². The van der Waals surface area contributed by atoms with Crippen LogP contribution in [0.5, 0.6) is 0 Å². The molecule has 0 amide bonds. The number of halogens is 2. The fourth-order valence-corrected chi connectivity index (χ4v) is 2.35. The first-order chi connectivity index (χ1) is 9.38. The number of benzene rings is 1. The van der Waals surface area contributed by atoms with E-state index in [1.54, 1.807) is 19.2 Å². The minimum Gasteiger partial charge on any atom is -0.379 e. The third-order valence-electron chi connectivity index (χ3n) is 3.46. The largest absolute Gasteiger partial charge is 0.379 e. The summed E-state index contributed by atoms with van der Waals surface area (Å²) in [7, 11) is 1.71. The number of methoxy groups -OCH3 is 1. The van der Waals surface area contributed by atoms with E-state index >= 15 is 0 Å². The van der Waals surface area contributed by atoms with E-state index < -0.39 is 0 Å². The third kappa shape index (κ3) is 5.78. The second-order valence-electron chi connectivity index (χ2n) is 5.76. The normalized spacial score (nSPS) is 13.5. The number of ether oxygens (including phenoxy) is 1. The van der Waals surface area contributed by atoms with Crippen molar-refractivity contribution in [2.45, 2.75) is 51.7 Å². The summed E-state index contributed by atoms with van der Waals surface area (Å²) in [5, 5.41) is 3.90. The molecule has 0 aliphatic heterocycles. The van der Waals surface area contributed by atoms with Gasteiger partial charge in [0, 0.05) is 18.2 Å². The monoisotopic (exact) mass is 301 g/mol. The zero-order valence-electron chi connectivity index (χ0n) is 12.8. The van der Waals surface area contributed by atoms with Gasteiger partial charge >= 0.3 is 0 Å². The van der Waals surface area contributed by atoms with Crippen LogP contribution in [-0.2, 0) is 11.2 Å². The first-order valence-electron chi connectivity index (χ1n) is 7.10. The summed E-state index contributed by atoms with van der Waals surface area (Å²) < 4.78 is 19.4. The average molecular weight is 302 g/mol. The minimum absolute atomic E-state index is 0.181. The van der Waals surface area contributed by atoms with Gasteiger partial charge in [-0.05, 0) is 57.4 Å². The molecule has 1 atom stereocenters. The Kier molecular flexibility index (Phi) is 6.93. The lowest BCUT2D eigenvalue weighted by atomic mass is 9.93. The molecular formula is C16H25ClFNO. The van der Waals surface area contributed by atoms with Crippen LogP contribution in [0.3, 0.4) is 0 Å². The molecule has 1 aromatic carbocycles. The summed E-state index contributed by atoms with van der Waals surface area (Å²) in [6.07, 6.45) is 2.51. The number of hydrogen-bond acceptors (Lipinski definition) is 2. The Morgan fingerprint density at radius 2 is 2.10 bits per heavy atom. The van der Waals surface area contributed by atoms with Crippen LogP contribution in [0.4, 0.5) is 4.39 Å². The second-order valence-corrected chi connectivity index (χ2v) is 6.20. The Morgan fingerprint density at radius 3 is 2.65 bits per heavy atom. The SMILES string of the molecule is CCCNC(Cc1ccc(Cl)cc1F)CC(C)(C)OC. The Bertz CT molecular complexity index is 423. The van der Waals surface area contributed by atoms with Crippen LogP contribution in [0.15, 0.2) is 18.2 Å². The summed E-state index contributed by atoms with van der Waals surface area (Å²) in [4.78, 5) is 0. The van der Waals surface area contributed by atoms with Crippen molar-refractivity contribution >= 4 is 11.6 Å². The second kappa shape index (κ2) is 7.96. The van der Waals surface area contributed by atoms with E-state index in [1.165, 1.54) is 6.07 Å². The fraction of sp³-hybridized carbons (Fsp3) is 0.625. The predicted octanol–water partition coefficient (Wildman–Crippen LogP) is 4.20. The molecule has 0 radical (unpaired) electrons. The molecule has 0 saturated carbocycles. The van der Waals surface area contributed by atoms with Gasteiger partial charge in [0.05, 0.1) is 5.60 Å². The molecule has 0 fully saturated rings. The van der Waals surface area contributed by atoms with Crippen LogP contribution in [0.25, 0.3) is 0 Å². The number of rotatable bonds is 8. The molecule has 0 saturated heterocycles. The van der Waals surface area contributed by atoms with Gasteiger partial charge in [0.2, 0.25) is 0 Å². The molecule has 20 heavy (non-hydrogen) atoms. The lowest BCUT2D eigenvalue weighted by molar-refractivity contribution is 0.00708. The van der Waals surface area contributed by atoms with E-state index in [1.807, 2.05) is 13.8 Å². The van der Waals surface area contributed by atoms with Crippen molar-refractivity contribution in [2.24, 2.45) is 0 Å². The quantitative estimate of drug-likeness (QED) is 0.777. The molecule has 0 aliphatic carbocycles. The van der Waals surface area contributed by atoms with E-state index in [0.29, 0.717) is 17.0 Å². The van der Waals surface area contributed by atoms with Gasteiger partial charge in [-0.2, -0.15) is 0 Å². The van der Waals surface area contributed by atoms with Gasteiger partial charge in [-0.25, -0.2) is 4.39 Å². The Hall–Kier alpha value is -0.640. The summed E-state index contributed by atoms with van der Waals surface area (Å²) in [6, 6.07) is 5.05. The lowest BCUT2D eigenvalue weighted by Gasteiger charge is -2.29. The van der Waals surface area contributed by atoms with Crippen molar-refractivity contribution in [3.05, 3.63) is 34.6 Å². The van der Waals surface area contributed by atoms with Gasteiger partial charge in [-0.1, -0.05) is 24.6 Å². The summed E-state index contributed by atoms with van der Waals surface area (Å²) in [6.45, 7) is 7.13. The van der Waals surface area contributed by atoms with Crippen molar-refractivity contribution in [1.29, 1.82) is 0 Å². The zero-order chi connectivity index (χ0) is 15.2. The van der Waals surface area contributed by atoms with Crippen molar-refractivity contribution in [1.82, 2.24) is 5.32 Å². The van der Waals surface area contributed by atoms with E-state index in [4.69, 9.17) is 16.3 Å². The molecule has 0 aromatic heterocycles. The maximum Gasteiger partial charge on any atom is 0.127 e. The summed E-state index contributed by atoms with van der Waals surface area (Å²) in [5.41, 5.74) is 0.462. The van der Waals surface area contributed by atoms with Crippen LogP contribution in [0.1, 0.15) is 39.2 Å². The first kappa shape index (κ1) is 17.4. The predicted molar refractivity (Wildman–Crippen MR) is 82.9 cm³/mol. The highest BCUT2D eigenvalue weighted by molar-refractivity contribution is 6.30. The fourth-order valence-electron chi connectivity index (χ4n) is 2.19. The van der Waals surface area contributed by atoms with Crippen LogP contribution in [0, 0.1) is 5.82 Å². The topological polar surface area (TPSA) is 21.3 Å². The van der Waals surface area contributed by atoms with Gasteiger partial charge in [0.1, 0.15) is 5.82 Å². The molecule has 0 heterocycles. The summed E-state index contributed by atoms with van der Waals surface area (Å²) in [5.74, 6) is -0.240. The van der Waals surface area contributed by atoms with E-state index in [9.17, 15) is 4.39 Å². The third-order valence-corrected chi connectivity index (χ3v) is 3.69. The molecule has 4 heteroatoms.